The number of aromatic amines is 1. The number of benzene rings is 2. The minimum Gasteiger partial charge on any atom is -0.369 e. The maximum atomic E-state index is 12.7. The second-order valence-corrected chi connectivity index (χ2v) is 8.81. The van der Waals surface area contributed by atoms with E-state index in [0.29, 0.717) is 27.7 Å². The monoisotopic (exact) mass is 460 g/mol. The molecular weight excluding hydrogens is 436 g/mol. The van der Waals surface area contributed by atoms with Gasteiger partial charge in [0, 0.05) is 65.3 Å². The number of pyridine rings is 1. The van der Waals surface area contributed by atoms with Gasteiger partial charge in [-0.1, -0.05) is 29.8 Å². The van der Waals surface area contributed by atoms with E-state index in [1.807, 2.05) is 24.3 Å². The number of H-pyrrole nitrogens is 1. The van der Waals surface area contributed by atoms with Gasteiger partial charge >= 0.3 is 0 Å². The summed E-state index contributed by atoms with van der Waals surface area (Å²) in [5.41, 5.74) is 4.76. The zero-order valence-corrected chi connectivity index (χ0v) is 19.4. The summed E-state index contributed by atoms with van der Waals surface area (Å²) in [6.45, 7) is 6.32. The van der Waals surface area contributed by atoms with Crippen molar-refractivity contribution < 1.29 is 0 Å². The van der Waals surface area contributed by atoms with Gasteiger partial charge in [0.05, 0.1) is 0 Å². The van der Waals surface area contributed by atoms with Crippen molar-refractivity contribution in [3.05, 3.63) is 75.7 Å². The first kappa shape index (κ1) is 21.4. The Balaban J connectivity index is 1.39. The molecule has 0 saturated carbocycles. The van der Waals surface area contributed by atoms with E-state index in [1.54, 1.807) is 18.3 Å². The maximum Gasteiger partial charge on any atom is 0.257 e. The molecule has 2 N–H and O–H groups in total. The van der Waals surface area contributed by atoms with Crippen LogP contribution in [0.15, 0.2) is 59.5 Å². The van der Waals surface area contributed by atoms with Crippen molar-refractivity contribution in [3.8, 4) is 11.1 Å². The largest absolute Gasteiger partial charge is 0.369 e. The van der Waals surface area contributed by atoms with Crippen LogP contribution in [-0.2, 0) is 0 Å². The molecule has 2 aromatic carbocycles. The zero-order chi connectivity index (χ0) is 22.9. The van der Waals surface area contributed by atoms with Crippen molar-refractivity contribution in [3.63, 3.8) is 0 Å². The number of piperazine rings is 1. The lowest BCUT2D eigenvalue weighted by atomic mass is 10.1. The van der Waals surface area contributed by atoms with Crippen LogP contribution >= 0.6 is 11.6 Å². The first-order valence-electron chi connectivity index (χ1n) is 10.9. The average molecular weight is 461 g/mol. The number of hydrogen-bond donors (Lipinski definition) is 2. The van der Waals surface area contributed by atoms with Gasteiger partial charge < -0.3 is 20.1 Å². The molecule has 0 unspecified atom stereocenters. The molecule has 0 spiro atoms. The first-order valence-corrected chi connectivity index (χ1v) is 11.3. The van der Waals surface area contributed by atoms with Crippen LogP contribution in [-0.4, -0.2) is 53.1 Å². The van der Waals surface area contributed by atoms with Crippen LogP contribution in [0.3, 0.4) is 0 Å². The number of aryl methyl sites for hydroxylation is 1. The summed E-state index contributed by atoms with van der Waals surface area (Å²) in [6, 6.07) is 15.3. The van der Waals surface area contributed by atoms with Crippen molar-refractivity contribution >= 4 is 40.0 Å². The van der Waals surface area contributed by atoms with Crippen molar-refractivity contribution in [2.45, 2.75) is 6.92 Å². The van der Waals surface area contributed by atoms with E-state index < -0.39 is 0 Å². The van der Waals surface area contributed by atoms with E-state index in [4.69, 9.17) is 11.6 Å². The number of anilines is 3. The van der Waals surface area contributed by atoms with Crippen molar-refractivity contribution in [1.29, 1.82) is 0 Å². The van der Waals surface area contributed by atoms with Gasteiger partial charge in [0.1, 0.15) is 5.65 Å². The van der Waals surface area contributed by atoms with Crippen LogP contribution in [0.2, 0.25) is 5.02 Å². The zero-order valence-electron chi connectivity index (χ0n) is 18.6. The van der Waals surface area contributed by atoms with Crippen molar-refractivity contribution in [2.75, 3.05) is 43.4 Å². The third-order valence-corrected chi connectivity index (χ3v) is 6.38. The van der Waals surface area contributed by atoms with E-state index in [9.17, 15) is 4.79 Å². The Bertz CT molecular complexity index is 1380. The van der Waals surface area contributed by atoms with Gasteiger partial charge in [-0.15, -0.1) is 0 Å². The third-order valence-electron chi connectivity index (χ3n) is 6.05. The SMILES string of the molecule is Cc1cc(Nc2ncc3cc(-c4ccccc4Cl)c(=O)[nH]c3n2)ccc1N1CCN(C)CC1. The van der Waals surface area contributed by atoms with E-state index in [1.165, 1.54) is 11.3 Å². The fourth-order valence-corrected chi connectivity index (χ4v) is 4.43. The number of nitrogens with zero attached hydrogens (tertiary/aromatic N) is 4. The topological polar surface area (TPSA) is 77.1 Å². The molecule has 7 nitrogen and oxygen atoms in total. The summed E-state index contributed by atoms with van der Waals surface area (Å²) < 4.78 is 0. The van der Waals surface area contributed by atoms with Crippen LogP contribution in [0.5, 0.6) is 0 Å². The molecule has 1 fully saturated rings. The molecule has 0 atom stereocenters. The Morgan fingerprint density at radius 3 is 2.58 bits per heavy atom. The third kappa shape index (κ3) is 4.42. The first-order chi connectivity index (χ1) is 16.0. The van der Waals surface area contributed by atoms with Gasteiger partial charge in [-0.2, -0.15) is 4.98 Å². The number of aromatic nitrogens is 3. The van der Waals surface area contributed by atoms with Crippen LogP contribution in [0.25, 0.3) is 22.2 Å². The predicted molar refractivity (Wildman–Crippen MR) is 135 cm³/mol. The minimum absolute atomic E-state index is 0.243. The number of nitrogens with one attached hydrogen (secondary N) is 2. The molecule has 168 valence electrons. The Kier molecular flexibility index (Phi) is 5.74. The number of likely N-dealkylation sites (N-methyl/N-ethyl adjacent to an activating group) is 1. The summed E-state index contributed by atoms with van der Waals surface area (Å²) >= 11 is 6.28. The minimum atomic E-state index is -0.243. The van der Waals surface area contributed by atoms with Gasteiger partial charge in [-0.3, -0.25) is 4.79 Å². The molecule has 0 aliphatic carbocycles. The number of fused-ring (bicyclic) bond motifs is 1. The molecule has 33 heavy (non-hydrogen) atoms. The fourth-order valence-electron chi connectivity index (χ4n) is 4.20. The summed E-state index contributed by atoms with van der Waals surface area (Å²) in [5, 5.41) is 4.51. The lowest BCUT2D eigenvalue weighted by Crippen LogP contribution is -2.44. The average Bonchev–Trinajstić information content (AvgIpc) is 2.80. The Labute approximate surface area is 197 Å². The normalized spacial score (nSPS) is 14.6. The van der Waals surface area contributed by atoms with Crippen LogP contribution in [0.1, 0.15) is 5.56 Å². The number of hydrogen-bond acceptors (Lipinski definition) is 6. The van der Waals surface area contributed by atoms with Gasteiger partial charge in [0.15, 0.2) is 0 Å². The maximum absolute atomic E-state index is 12.7. The van der Waals surface area contributed by atoms with Gasteiger partial charge in [-0.05, 0) is 49.9 Å². The van der Waals surface area contributed by atoms with Gasteiger partial charge in [-0.25, -0.2) is 4.98 Å². The summed E-state index contributed by atoms with van der Waals surface area (Å²) in [5.74, 6) is 0.426. The highest BCUT2D eigenvalue weighted by Crippen LogP contribution is 2.28. The molecule has 3 heterocycles. The molecule has 1 saturated heterocycles. The standard InChI is InChI=1S/C25H25ClN6O/c1-16-13-18(7-8-22(16)32-11-9-31(2)10-12-32)28-25-27-15-17-14-20(24(33)29-23(17)30-25)19-5-3-4-6-21(19)26/h3-8,13-15H,9-12H2,1-2H3,(H2,27,28,29,30,33). The second kappa shape index (κ2) is 8.84. The Hall–Kier alpha value is -3.42. The molecule has 2 aromatic heterocycles. The molecule has 0 bridgehead atoms. The van der Waals surface area contributed by atoms with E-state index >= 15 is 0 Å². The molecule has 0 amide bonds. The highest BCUT2D eigenvalue weighted by molar-refractivity contribution is 6.33. The number of halogens is 1. The second-order valence-electron chi connectivity index (χ2n) is 8.41. The van der Waals surface area contributed by atoms with Crippen LogP contribution in [0, 0.1) is 6.92 Å². The van der Waals surface area contributed by atoms with E-state index in [-0.39, 0.29) is 5.56 Å². The van der Waals surface area contributed by atoms with E-state index in [0.717, 1.165) is 37.3 Å². The van der Waals surface area contributed by atoms with Crippen LogP contribution < -0.4 is 15.8 Å². The lowest BCUT2D eigenvalue weighted by Gasteiger charge is -2.35. The predicted octanol–water partition coefficient (Wildman–Crippen LogP) is 4.44. The highest BCUT2D eigenvalue weighted by atomic mass is 35.5. The molecule has 1 aliphatic rings. The smallest absolute Gasteiger partial charge is 0.257 e. The molecule has 1 aliphatic heterocycles. The van der Waals surface area contributed by atoms with Gasteiger partial charge in [0.2, 0.25) is 5.95 Å². The molecule has 0 radical (unpaired) electrons. The lowest BCUT2D eigenvalue weighted by molar-refractivity contribution is 0.312. The molecular formula is C25H25ClN6O. The summed E-state index contributed by atoms with van der Waals surface area (Å²) in [6.07, 6.45) is 1.70. The molecule has 8 heteroatoms. The van der Waals surface area contributed by atoms with Crippen molar-refractivity contribution in [1.82, 2.24) is 19.9 Å². The van der Waals surface area contributed by atoms with Gasteiger partial charge in [0.25, 0.3) is 5.56 Å². The highest BCUT2D eigenvalue weighted by Gasteiger charge is 2.16. The summed E-state index contributed by atoms with van der Waals surface area (Å²) in [4.78, 5) is 29.3. The quantitative estimate of drug-likeness (QED) is 0.468. The van der Waals surface area contributed by atoms with Crippen LogP contribution in [0.4, 0.5) is 17.3 Å². The van der Waals surface area contributed by atoms with E-state index in [2.05, 4.69) is 56.2 Å². The summed E-state index contributed by atoms with van der Waals surface area (Å²) in [7, 11) is 2.16. The Morgan fingerprint density at radius 2 is 1.82 bits per heavy atom. The molecule has 5 rings (SSSR count). The van der Waals surface area contributed by atoms with Crippen molar-refractivity contribution in [2.24, 2.45) is 0 Å². The number of rotatable bonds is 4. The molecule has 4 aromatic rings. The Morgan fingerprint density at radius 1 is 1.03 bits per heavy atom. The fraction of sp³-hybridized carbons (Fsp3) is 0.240.